The number of nitriles is 2. The average Bonchev–Trinajstić information content (AvgIpc) is 2.51. The van der Waals surface area contributed by atoms with E-state index in [9.17, 15) is 10.5 Å². The molecule has 0 aliphatic rings. The summed E-state index contributed by atoms with van der Waals surface area (Å²) in [7, 11) is 0. The molecule has 4 nitrogen and oxygen atoms in total. The van der Waals surface area contributed by atoms with E-state index in [1.165, 1.54) is 0 Å². The molecule has 0 spiro atoms. The Balaban J connectivity index is 2.24. The number of hydrogen-bond acceptors (Lipinski definition) is 4. The van der Waals surface area contributed by atoms with Gasteiger partial charge in [-0.25, -0.2) is 0 Å². The van der Waals surface area contributed by atoms with Gasteiger partial charge in [-0.05, 0) is 48.5 Å². The van der Waals surface area contributed by atoms with E-state index in [0.29, 0.717) is 21.4 Å². The van der Waals surface area contributed by atoms with Crippen molar-refractivity contribution in [3.8, 4) is 12.1 Å². The van der Waals surface area contributed by atoms with Gasteiger partial charge in [0.1, 0.15) is 12.1 Å². The molecule has 2 aromatic carbocycles. The Morgan fingerprint density at radius 1 is 0.714 bits per heavy atom. The molecule has 0 heterocycles. The molecule has 2 aromatic rings. The van der Waals surface area contributed by atoms with Crippen LogP contribution in [0.4, 0.5) is 11.4 Å². The summed E-state index contributed by atoms with van der Waals surface area (Å²) in [5.74, 6) is 0. The van der Waals surface area contributed by atoms with E-state index in [1.54, 1.807) is 48.5 Å². The first-order chi connectivity index (χ1) is 10.1. The molecular formula is C15H10Cl2N4. The molecule has 21 heavy (non-hydrogen) atoms. The Morgan fingerprint density at radius 2 is 1.05 bits per heavy atom. The van der Waals surface area contributed by atoms with Crippen LogP contribution in [-0.4, -0.2) is 5.66 Å². The van der Waals surface area contributed by atoms with E-state index in [2.05, 4.69) is 10.6 Å². The van der Waals surface area contributed by atoms with Crippen LogP contribution >= 0.6 is 23.2 Å². The predicted molar refractivity (Wildman–Crippen MR) is 84.1 cm³/mol. The number of nitrogens with one attached hydrogen (secondary N) is 2. The van der Waals surface area contributed by atoms with Gasteiger partial charge in [-0.2, -0.15) is 10.5 Å². The molecule has 0 aromatic heterocycles. The summed E-state index contributed by atoms with van der Waals surface area (Å²) in [4.78, 5) is 0. The molecule has 0 unspecified atom stereocenters. The van der Waals surface area contributed by atoms with Gasteiger partial charge in [0.05, 0.1) is 0 Å². The van der Waals surface area contributed by atoms with E-state index in [0.717, 1.165) is 0 Å². The second kappa shape index (κ2) is 6.37. The van der Waals surface area contributed by atoms with Crippen molar-refractivity contribution < 1.29 is 0 Å². The maximum atomic E-state index is 9.36. The molecule has 2 rings (SSSR count). The molecule has 0 bridgehead atoms. The molecule has 0 radical (unpaired) electrons. The normalized spacial score (nSPS) is 10.3. The van der Waals surface area contributed by atoms with Gasteiger partial charge in [-0.15, -0.1) is 0 Å². The van der Waals surface area contributed by atoms with Crippen molar-refractivity contribution in [2.24, 2.45) is 0 Å². The number of halogens is 2. The maximum absolute atomic E-state index is 9.36. The largest absolute Gasteiger partial charge is 0.339 e. The van der Waals surface area contributed by atoms with Crippen LogP contribution in [0.2, 0.25) is 10.0 Å². The Bertz CT molecular complexity index is 633. The van der Waals surface area contributed by atoms with Crippen molar-refractivity contribution in [2.75, 3.05) is 10.6 Å². The molecule has 0 saturated carbocycles. The Hall–Kier alpha value is -2.40. The van der Waals surface area contributed by atoms with Gasteiger partial charge in [0.2, 0.25) is 0 Å². The van der Waals surface area contributed by atoms with Gasteiger partial charge in [-0.1, -0.05) is 23.2 Å². The van der Waals surface area contributed by atoms with E-state index in [-0.39, 0.29) is 0 Å². The Morgan fingerprint density at radius 3 is 1.33 bits per heavy atom. The van der Waals surface area contributed by atoms with Gasteiger partial charge < -0.3 is 10.6 Å². The lowest BCUT2D eigenvalue weighted by atomic mass is 10.1. The first kappa shape index (κ1) is 15.0. The first-order valence-electron chi connectivity index (χ1n) is 5.97. The van der Waals surface area contributed by atoms with Crippen molar-refractivity contribution in [3.63, 3.8) is 0 Å². The second-order valence-electron chi connectivity index (χ2n) is 4.24. The molecule has 0 saturated heterocycles. The van der Waals surface area contributed by atoms with Gasteiger partial charge in [0.15, 0.2) is 0 Å². The summed E-state index contributed by atoms with van der Waals surface area (Å²) in [6.07, 6.45) is 0. The lowest BCUT2D eigenvalue weighted by molar-refractivity contribution is 0.849. The highest BCUT2D eigenvalue weighted by atomic mass is 35.5. The molecule has 0 amide bonds. The Kier molecular flexibility index (Phi) is 4.55. The van der Waals surface area contributed by atoms with Gasteiger partial charge in [0, 0.05) is 21.4 Å². The standard InChI is InChI=1S/C15H10Cl2N4/c16-11-1-5-13(6-2-11)20-15(9-18,10-19)21-14-7-3-12(17)4-8-14/h1-8,20-21H. The van der Waals surface area contributed by atoms with Crippen LogP contribution in [0.3, 0.4) is 0 Å². The fourth-order valence-corrected chi connectivity index (χ4v) is 1.92. The quantitative estimate of drug-likeness (QED) is 0.827. The molecule has 104 valence electrons. The lowest BCUT2D eigenvalue weighted by Crippen LogP contribution is -2.43. The van der Waals surface area contributed by atoms with Crippen LogP contribution in [-0.2, 0) is 0 Å². The van der Waals surface area contributed by atoms with Gasteiger partial charge in [-0.3, -0.25) is 0 Å². The third kappa shape index (κ3) is 3.79. The van der Waals surface area contributed by atoms with Gasteiger partial charge >= 0.3 is 0 Å². The topological polar surface area (TPSA) is 71.6 Å². The molecule has 0 aliphatic heterocycles. The molecule has 0 atom stereocenters. The van der Waals surface area contributed by atoms with E-state index >= 15 is 0 Å². The highest BCUT2D eigenvalue weighted by Crippen LogP contribution is 2.21. The highest BCUT2D eigenvalue weighted by Gasteiger charge is 2.29. The van der Waals surface area contributed by atoms with Crippen molar-refractivity contribution in [1.82, 2.24) is 0 Å². The minimum atomic E-state index is -1.60. The Labute approximate surface area is 132 Å². The molecule has 6 heteroatoms. The van der Waals surface area contributed by atoms with Gasteiger partial charge in [0.25, 0.3) is 5.66 Å². The van der Waals surface area contributed by atoms with Crippen LogP contribution < -0.4 is 10.6 Å². The number of anilines is 2. The van der Waals surface area contributed by atoms with E-state index < -0.39 is 5.66 Å². The summed E-state index contributed by atoms with van der Waals surface area (Å²) in [6, 6.07) is 17.3. The predicted octanol–water partition coefficient (Wildman–Crippen LogP) is 4.26. The summed E-state index contributed by atoms with van der Waals surface area (Å²) in [6.45, 7) is 0. The fourth-order valence-electron chi connectivity index (χ4n) is 1.67. The van der Waals surface area contributed by atoms with E-state index in [1.807, 2.05) is 12.1 Å². The summed E-state index contributed by atoms with van der Waals surface area (Å²) in [5, 5.41) is 25.6. The second-order valence-corrected chi connectivity index (χ2v) is 5.11. The van der Waals surface area contributed by atoms with Crippen LogP contribution in [0.1, 0.15) is 0 Å². The van der Waals surface area contributed by atoms with Crippen molar-refractivity contribution >= 4 is 34.6 Å². The zero-order chi connectivity index (χ0) is 15.3. The third-order valence-corrected chi connectivity index (χ3v) is 3.19. The number of nitrogens with zero attached hydrogens (tertiary/aromatic N) is 2. The zero-order valence-corrected chi connectivity index (χ0v) is 12.3. The van der Waals surface area contributed by atoms with Crippen molar-refractivity contribution in [1.29, 1.82) is 10.5 Å². The average molecular weight is 317 g/mol. The molecule has 0 aliphatic carbocycles. The van der Waals surface area contributed by atoms with Crippen LogP contribution in [0.15, 0.2) is 48.5 Å². The zero-order valence-electron chi connectivity index (χ0n) is 10.8. The number of rotatable bonds is 4. The molecule has 2 N–H and O–H groups in total. The summed E-state index contributed by atoms with van der Waals surface area (Å²) >= 11 is 11.6. The summed E-state index contributed by atoms with van der Waals surface area (Å²) < 4.78 is 0. The number of hydrogen-bond donors (Lipinski definition) is 2. The maximum Gasteiger partial charge on any atom is 0.287 e. The lowest BCUT2D eigenvalue weighted by Gasteiger charge is -2.24. The minimum absolute atomic E-state index is 0.575. The smallest absolute Gasteiger partial charge is 0.287 e. The molecule has 0 fully saturated rings. The monoisotopic (exact) mass is 316 g/mol. The van der Waals surface area contributed by atoms with Crippen LogP contribution in [0.5, 0.6) is 0 Å². The molecular weight excluding hydrogens is 307 g/mol. The van der Waals surface area contributed by atoms with Crippen molar-refractivity contribution in [2.45, 2.75) is 5.66 Å². The third-order valence-electron chi connectivity index (χ3n) is 2.69. The fraction of sp³-hybridized carbons (Fsp3) is 0.0667. The highest BCUT2D eigenvalue weighted by molar-refractivity contribution is 6.30. The van der Waals surface area contributed by atoms with E-state index in [4.69, 9.17) is 23.2 Å². The SMILES string of the molecule is N#CC(C#N)(Nc1ccc(Cl)cc1)Nc1ccc(Cl)cc1. The van der Waals surface area contributed by atoms with Crippen LogP contribution in [0.25, 0.3) is 0 Å². The first-order valence-corrected chi connectivity index (χ1v) is 6.72. The number of benzene rings is 2. The van der Waals surface area contributed by atoms with Crippen molar-refractivity contribution in [3.05, 3.63) is 58.6 Å². The summed E-state index contributed by atoms with van der Waals surface area (Å²) in [5.41, 5.74) is -0.394. The van der Waals surface area contributed by atoms with Crippen LogP contribution in [0, 0.1) is 22.7 Å². The minimum Gasteiger partial charge on any atom is -0.339 e.